The van der Waals surface area contributed by atoms with Crippen LogP contribution in [0.4, 0.5) is 0 Å². The van der Waals surface area contributed by atoms with Crippen LogP contribution in [0, 0.1) is 24.7 Å². The number of rotatable bonds is 3. The van der Waals surface area contributed by atoms with E-state index < -0.39 is 0 Å². The summed E-state index contributed by atoms with van der Waals surface area (Å²) in [5, 5.41) is 7.02. The first kappa shape index (κ1) is 13.3. The van der Waals surface area contributed by atoms with Gasteiger partial charge in [-0.15, -0.1) is 0 Å². The first-order valence-corrected chi connectivity index (χ1v) is 8.10. The average molecular weight is 290 g/mol. The van der Waals surface area contributed by atoms with E-state index in [1.807, 2.05) is 0 Å². The van der Waals surface area contributed by atoms with E-state index in [-0.39, 0.29) is 11.9 Å². The molecule has 1 aromatic heterocycles. The zero-order valence-electron chi connectivity index (χ0n) is 12.4. The third-order valence-electron chi connectivity index (χ3n) is 5.54. The summed E-state index contributed by atoms with van der Waals surface area (Å²) in [6.45, 7) is 2.64. The zero-order chi connectivity index (χ0) is 14.4. The van der Waals surface area contributed by atoms with E-state index in [9.17, 15) is 4.79 Å². The number of aryl methyl sites for hydroxylation is 1. The second kappa shape index (κ2) is 5.13. The maximum Gasteiger partial charge on any atom is 0.273 e. The van der Waals surface area contributed by atoms with Gasteiger partial charge < -0.3 is 14.6 Å². The van der Waals surface area contributed by atoms with Crippen molar-refractivity contribution in [3.63, 3.8) is 0 Å². The van der Waals surface area contributed by atoms with Crippen LogP contribution in [0.1, 0.15) is 48.4 Å². The van der Waals surface area contributed by atoms with Gasteiger partial charge in [-0.2, -0.15) is 0 Å². The number of hydrogen-bond donors (Lipinski definition) is 1. The van der Waals surface area contributed by atoms with Crippen molar-refractivity contribution in [3.8, 4) is 0 Å². The third-order valence-corrected chi connectivity index (χ3v) is 5.54. The first-order chi connectivity index (χ1) is 10.2. The monoisotopic (exact) mass is 290 g/mol. The van der Waals surface area contributed by atoms with Gasteiger partial charge in [-0.1, -0.05) is 30.8 Å². The lowest BCUT2D eigenvalue weighted by atomic mass is 9.61. The van der Waals surface area contributed by atoms with Crippen LogP contribution in [-0.4, -0.2) is 29.8 Å². The highest BCUT2D eigenvalue weighted by molar-refractivity contribution is 5.92. The molecule has 0 unspecified atom stereocenters. The van der Waals surface area contributed by atoms with Crippen LogP contribution in [-0.2, 0) is 4.74 Å². The van der Waals surface area contributed by atoms with E-state index in [1.54, 1.807) is 13.0 Å². The van der Waals surface area contributed by atoms with Crippen LogP contribution in [0.25, 0.3) is 0 Å². The van der Waals surface area contributed by atoms with Gasteiger partial charge in [-0.25, -0.2) is 0 Å². The summed E-state index contributed by atoms with van der Waals surface area (Å²) in [6, 6.07) is 1.95. The number of ether oxygens (including phenoxy) is 1. The second-order valence-corrected chi connectivity index (χ2v) is 6.73. The number of nitrogens with zero attached hydrogens (tertiary/aromatic N) is 1. The van der Waals surface area contributed by atoms with Crippen LogP contribution >= 0.6 is 0 Å². The van der Waals surface area contributed by atoms with Crippen LogP contribution in [0.2, 0.25) is 0 Å². The van der Waals surface area contributed by atoms with Crippen molar-refractivity contribution < 1.29 is 14.1 Å². The fraction of sp³-hybridized carbons (Fsp3) is 0.750. The summed E-state index contributed by atoms with van der Waals surface area (Å²) in [6.07, 6.45) is 6.65. The highest BCUT2D eigenvalue weighted by Crippen LogP contribution is 2.51. The lowest BCUT2D eigenvalue weighted by Gasteiger charge is -2.50. The first-order valence-electron chi connectivity index (χ1n) is 8.10. The summed E-state index contributed by atoms with van der Waals surface area (Å²) in [7, 11) is 0. The topological polar surface area (TPSA) is 64.4 Å². The normalized spacial score (nSPS) is 35.5. The molecular formula is C16H22N2O3. The van der Waals surface area contributed by atoms with Crippen molar-refractivity contribution in [2.24, 2.45) is 17.8 Å². The summed E-state index contributed by atoms with van der Waals surface area (Å²) in [4.78, 5) is 12.3. The Morgan fingerprint density at radius 3 is 2.86 bits per heavy atom. The molecule has 1 aromatic rings. The Hall–Kier alpha value is -1.36. The van der Waals surface area contributed by atoms with Crippen molar-refractivity contribution in [2.75, 3.05) is 6.61 Å². The minimum atomic E-state index is -0.106. The predicted octanol–water partition coefficient (Wildman–Crippen LogP) is 2.31. The molecule has 3 aliphatic rings. The van der Waals surface area contributed by atoms with Gasteiger partial charge in [0.1, 0.15) is 5.76 Å². The summed E-state index contributed by atoms with van der Waals surface area (Å²) in [5.74, 6) is 2.27. The van der Waals surface area contributed by atoms with Gasteiger partial charge in [0.15, 0.2) is 5.69 Å². The molecule has 1 saturated heterocycles. The van der Waals surface area contributed by atoms with Crippen molar-refractivity contribution in [1.29, 1.82) is 0 Å². The van der Waals surface area contributed by atoms with E-state index >= 15 is 0 Å². The smallest absolute Gasteiger partial charge is 0.273 e. The largest absolute Gasteiger partial charge is 0.377 e. The molecule has 0 radical (unpaired) electrons. The third kappa shape index (κ3) is 2.18. The molecule has 2 heterocycles. The summed E-state index contributed by atoms with van der Waals surface area (Å²) in [5.41, 5.74) is 0.389. The molecule has 1 amide bonds. The number of fused-ring (bicyclic) bond motifs is 1. The Labute approximate surface area is 124 Å². The number of aromatic nitrogens is 1. The quantitative estimate of drug-likeness (QED) is 0.927. The van der Waals surface area contributed by atoms with E-state index in [4.69, 9.17) is 9.26 Å². The lowest BCUT2D eigenvalue weighted by molar-refractivity contribution is -0.0785. The minimum Gasteiger partial charge on any atom is -0.377 e. The predicted molar refractivity (Wildman–Crippen MR) is 75.8 cm³/mol. The number of carbonyl (C=O) groups excluding carboxylic acids is 1. The van der Waals surface area contributed by atoms with Gasteiger partial charge in [0.2, 0.25) is 0 Å². The maximum absolute atomic E-state index is 12.3. The molecule has 2 aliphatic carbocycles. The van der Waals surface area contributed by atoms with Gasteiger partial charge in [-0.3, -0.25) is 4.79 Å². The van der Waals surface area contributed by atoms with Crippen LogP contribution in [0.5, 0.6) is 0 Å². The second-order valence-electron chi connectivity index (χ2n) is 6.73. The molecule has 5 nitrogen and oxygen atoms in total. The Morgan fingerprint density at radius 2 is 2.14 bits per heavy atom. The van der Waals surface area contributed by atoms with Crippen molar-refractivity contribution in [2.45, 2.75) is 51.2 Å². The molecular weight excluding hydrogens is 268 g/mol. The Balaban J connectivity index is 1.48. The Kier molecular flexibility index (Phi) is 3.25. The molecule has 0 aromatic carbocycles. The number of hydrogen-bond acceptors (Lipinski definition) is 4. The SMILES string of the molecule is Cc1cc(C(=O)N[C@H]2[C@H]3CCO[C@H]3[C@H]2C2CCCC2)no1. The van der Waals surface area contributed by atoms with E-state index in [1.165, 1.54) is 25.7 Å². The lowest BCUT2D eigenvalue weighted by Crippen LogP contribution is -2.63. The van der Waals surface area contributed by atoms with Crippen molar-refractivity contribution >= 4 is 5.91 Å². The minimum absolute atomic E-state index is 0.106. The summed E-state index contributed by atoms with van der Waals surface area (Å²) >= 11 is 0. The van der Waals surface area contributed by atoms with Crippen LogP contribution in [0.3, 0.4) is 0 Å². The molecule has 0 spiro atoms. The number of nitrogens with one attached hydrogen (secondary N) is 1. The molecule has 0 bridgehead atoms. The number of carbonyl (C=O) groups is 1. The fourth-order valence-electron chi connectivity index (χ4n) is 4.56. The van der Waals surface area contributed by atoms with E-state index in [0.717, 1.165) is 13.0 Å². The molecule has 4 rings (SSSR count). The van der Waals surface area contributed by atoms with Gasteiger partial charge in [0.05, 0.1) is 6.10 Å². The van der Waals surface area contributed by atoms with Gasteiger partial charge in [0, 0.05) is 30.6 Å². The molecule has 4 atom stereocenters. The standard InChI is InChI=1S/C16H22N2O3/c1-9-8-12(18-21-9)16(19)17-14-11-6-7-20-15(11)13(14)10-4-2-3-5-10/h8,10-11,13-15H,2-7H2,1H3,(H,17,19)/t11-,13+,14+,15-/m1/s1. The number of amides is 1. The highest BCUT2D eigenvalue weighted by Gasteiger charge is 2.57. The molecule has 114 valence electrons. The van der Waals surface area contributed by atoms with E-state index in [0.29, 0.717) is 35.3 Å². The molecule has 1 aliphatic heterocycles. The van der Waals surface area contributed by atoms with Gasteiger partial charge in [-0.05, 0) is 19.3 Å². The van der Waals surface area contributed by atoms with Crippen molar-refractivity contribution in [1.82, 2.24) is 10.5 Å². The average Bonchev–Trinajstić information content (AvgIpc) is 3.17. The van der Waals surface area contributed by atoms with Gasteiger partial charge >= 0.3 is 0 Å². The van der Waals surface area contributed by atoms with Crippen LogP contribution < -0.4 is 5.32 Å². The zero-order valence-corrected chi connectivity index (χ0v) is 12.4. The highest BCUT2D eigenvalue weighted by atomic mass is 16.5. The molecule has 2 saturated carbocycles. The van der Waals surface area contributed by atoms with Crippen molar-refractivity contribution in [3.05, 3.63) is 17.5 Å². The molecule has 1 N–H and O–H groups in total. The molecule has 21 heavy (non-hydrogen) atoms. The maximum atomic E-state index is 12.3. The van der Waals surface area contributed by atoms with E-state index in [2.05, 4.69) is 10.5 Å². The molecule has 5 heteroatoms. The Bertz CT molecular complexity index is 531. The van der Waals surface area contributed by atoms with Crippen LogP contribution in [0.15, 0.2) is 10.6 Å². The fourth-order valence-corrected chi connectivity index (χ4v) is 4.56. The van der Waals surface area contributed by atoms with Gasteiger partial charge in [0.25, 0.3) is 5.91 Å². The summed E-state index contributed by atoms with van der Waals surface area (Å²) < 4.78 is 10.9. The Morgan fingerprint density at radius 1 is 1.33 bits per heavy atom. The molecule has 3 fully saturated rings.